The summed E-state index contributed by atoms with van der Waals surface area (Å²) >= 11 is 0. The Morgan fingerprint density at radius 1 is 1.19 bits per heavy atom. The van der Waals surface area contributed by atoms with E-state index in [1.165, 1.54) is 43.8 Å². The summed E-state index contributed by atoms with van der Waals surface area (Å²) in [6.07, 6.45) is -2.20. The standard InChI is InChI=1S/C14H10F3NO3/c1-20-13(19)10-6-9(7-18-8-10)11-4-2-3-5-12(11)21-14(15,16)17/h2-8H,1H3. The quantitative estimate of drug-likeness (QED) is 0.814. The number of pyridine rings is 1. The van der Waals surface area contributed by atoms with Crippen LogP contribution in [0.4, 0.5) is 13.2 Å². The number of alkyl halides is 3. The first-order valence-electron chi connectivity index (χ1n) is 5.79. The summed E-state index contributed by atoms with van der Waals surface area (Å²) in [7, 11) is 1.20. The molecule has 0 bridgehead atoms. The van der Waals surface area contributed by atoms with Gasteiger partial charge in [-0.2, -0.15) is 0 Å². The zero-order valence-electron chi connectivity index (χ0n) is 10.8. The number of carbonyl (C=O) groups is 1. The Labute approximate surface area is 118 Å². The molecule has 0 aliphatic heterocycles. The minimum atomic E-state index is -4.80. The van der Waals surface area contributed by atoms with Crippen molar-refractivity contribution < 1.29 is 27.4 Å². The third-order valence-corrected chi connectivity index (χ3v) is 2.58. The Morgan fingerprint density at radius 2 is 1.90 bits per heavy atom. The van der Waals surface area contributed by atoms with Gasteiger partial charge >= 0.3 is 12.3 Å². The first-order chi connectivity index (χ1) is 9.90. The molecule has 2 rings (SSSR count). The minimum Gasteiger partial charge on any atom is -0.465 e. The van der Waals surface area contributed by atoms with Gasteiger partial charge in [-0.25, -0.2) is 4.79 Å². The van der Waals surface area contributed by atoms with Crippen LogP contribution in [0.1, 0.15) is 10.4 Å². The molecule has 0 aliphatic carbocycles. The van der Waals surface area contributed by atoms with Crippen LogP contribution in [0.2, 0.25) is 0 Å². The molecular formula is C14H10F3NO3. The predicted octanol–water partition coefficient (Wildman–Crippen LogP) is 3.43. The maximum atomic E-state index is 12.4. The number of benzene rings is 1. The highest BCUT2D eigenvalue weighted by molar-refractivity contribution is 5.90. The molecule has 0 amide bonds. The molecule has 0 radical (unpaired) electrons. The second-order valence-electron chi connectivity index (χ2n) is 4.00. The molecule has 0 atom stereocenters. The van der Waals surface area contributed by atoms with Crippen molar-refractivity contribution in [3.8, 4) is 16.9 Å². The van der Waals surface area contributed by atoms with Crippen LogP contribution in [0.5, 0.6) is 5.75 Å². The SMILES string of the molecule is COC(=O)c1cncc(-c2ccccc2OC(F)(F)F)c1. The van der Waals surface area contributed by atoms with Gasteiger partial charge < -0.3 is 9.47 Å². The average Bonchev–Trinajstić information content (AvgIpc) is 2.45. The summed E-state index contributed by atoms with van der Waals surface area (Å²) in [6.45, 7) is 0. The normalized spacial score (nSPS) is 11.0. The number of halogens is 3. The summed E-state index contributed by atoms with van der Waals surface area (Å²) in [5, 5.41) is 0. The van der Waals surface area contributed by atoms with Gasteiger partial charge in [-0.15, -0.1) is 13.2 Å². The molecule has 21 heavy (non-hydrogen) atoms. The fraction of sp³-hybridized carbons (Fsp3) is 0.143. The number of para-hydroxylation sites is 1. The van der Waals surface area contributed by atoms with E-state index in [-0.39, 0.29) is 16.9 Å². The molecule has 1 aromatic heterocycles. The fourth-order valence-electron chi connectivity index (χ4n) is 1.74. The average molecular weight is 297 g/mol. The van der Waals surface area contributed by atoms with Gasteiger partial charge in [-0.05, 0) is 12.1 Å². The molecule has 0 spiro atoms. The Balaban J connectivity index is 2.45. The van der Waals surface area contributed by atoms with Gasteiger partial charge in [-0.3, -0.25) is 4.98 Å². The van der Waals surface area contributed by atoms with Gasteiger partial charge in [-0.1, -0.05) is 18.2 Å². The lowest BCUT2D eigenvalue weighted by atomic mass is 10.1. The number of hydrogen-bond donors (Lipinski definition) is 0. The van der Waals surface area contributed by atoms with Crippen molar-refractivity contribution in [3.63, 3.8) is 0 Å². The van der Waals surface area contributed by atoms with Crippen molar-refractivity contribution in [2.24, 2.45) is 0 Å². The van der Waals surface area contributed by atoms with Crippen LogP contribution in [-0.2, 0) is 4.74 Å². The first kappa shape index (κ1) is 14.8. The van der Waals surface area contributed by atoms with Gasteiger partial charge in [0.1, 0.15) is 5.75 Å². The van der Waals surface area contributed by atoms with Crippen LogP contribution in [0.15, 0.2) is 42.7 Å². The second kappa shape index (κ2) is 5.82. The zero-order valence-corrected chi connectivity index (χ0v) is 10.8. The summed E-state index contributed by atoms with van der Waals surface area (Å²) in [4.78, 5) is 15.3. The largest absolute Gasteiger partial charge is 0.573 e. The zero-order chi connectivity index (χ0) is 15.5. The highest BCUT2D eigenvalue weighted by atomic mass is 19.4. The number of hydrogen-bond acceptors (Lipinski definition) is 4. The van der Waals surface area contributed by atoms with E-state index in [1.54, 1.807) is 6.07 Å². The van der Waals surface area contributed by atoms with Crippen LogP contribution < -0.4 is 4.74 Å². The Kier molecular flexibility index (Phi) is 4.11. The van der Waals surface area contributed by atoms with Gasteiger partial charge in [0.25, 0.3) is 0 Å². The molecule has 0 saturated heterocycles. The van der Waals surface area contributed by atoms with E-state index in [9.17, 15) is 18.0 Å². The molecule has 1 heterocycles. The summed E-state index contributed by atoms with van der Waals surface area (Å²) in [5.41, 5.74) is 0.627. The number of aromatic nitrogens is 1. The lowest BCUT2D eigenvalue weighted by Crippen LogP contribution is -2.17. The fourth-order valence-corrected chi connectivity index (χ4v) is 1.74. The molecule has 2 aromatic rings. The van der Waals surface area contributed by atoms with Crippen LogP contribution in [0.25, 0.3) is 11.1 Å². The monoisotopic (exact) mass is 297 g/mol. The molecule has 0 fully saturated rings. The maximum absolute atomic E-state index is 12.4. The van der Waals surface area contributed by atoms with Crippen LogP contribution in [-0.4, -0.2) is 24.4 Å². The summed E-state index contributed by atoms with van der Waals surface area (Å²) < 4.78 is 45.7. The lowest BCUT2D eigenvalue weighted by molar-refractivity contribution is -0.274. The predicted molar refractivity (Wildman–Crippen MR) is 67.7 cm³/mol. The molecule has 0 aliphatic rings. The van der Waals surface area contributed by atoms with E-state index in [1.807, 2.05) is 0 Å². The van der Waals surface area contributed by atoms with E-state index in [2.05, 4.69) is 14.5 Å². The Hall–Kier alpha value is -2.57. The van der Waals surface area contributed by atoms with Crippen molar-refractivity contribution in [2.75, 3.05) is 7.11 Å². The molecule has 0 saturated carbocycles. The third-order valence-electron chi connectivity index (χ3n) is 2.58. The number of esters is 1. The van der Waals surface area contributed by atoms with Gasteiger partial charge in [0.15, 0.2) is 0 Å². The van der Waals surface area contributed by atoms with Gasteiger partial charge in [0.2, 0.25) is 0 Å². The molecule has 0 N–H and O–H groups in total. The van der Waals surface area contributed by atoms with Crippen molar-refractivity contribution >= 4 is 5.97 Å². The van der Waals surface area contributed by atoms with E-state index in [0.717, 1.165) is 0 Å². The Morgan fingerprint density at radius 3 is 2.57 bits per heavy atom. The molecule has 1 aromatic carbocycles. The van der Waals surface area contributed by atoms with Crippen molar-refractivity contribution in [2.45, 2.75) is 6.36 Å². The molecule has 4 nitrogen and oxygen atoms in total. The lowest BCUT2D eigenvalue weighted by Gasteiger charge is -2.13. The van der Waals surface area contributed by atoms with E-state index in [0.29, 0.717) is 5.56 Å². The maximum Gasteiger partial charge on any atom is 0.573 e. The van der Waals surface area contributed by atoms with Crippen molar-refractivity contribution in [3.05, 3.63) is 48.3 Å². The number of ether oxygens (including phenoxy) is 2. The van der Waals surface area contributed by atoms with Crippen molar-refractivity contribution in [1.82, 2.24) is 4.98 Å². The summed E-state index contributed by atoms with van der Waals surface area (Å²) in [5.74, 6) is -0.993. The number of methoxy groups -OCH3 is 1. The highest BCUT2D eigenvalue weighted by Crippen LogP contribution is 2.33. The van der Waals surface area contributed by atoms with E-state index in [4.69, 9.17) is 0 Å². The number of nitrogens with zero attached hydrogens (tertiary/aromatic N) is 1. The number of carbonyl (C=O) groups excluding carboxylic acids is 1. The topological polar surface area (TPSA) is 48.4 Å². The summed E-state index contributed by atoms with van der Waals surface area (Å²) in [6, 6.07) is 7.00. The molecule has 110 valence electrons. The first-order valence-corrected chi connectivity index (χ1v) is 5.79. The van der Waals surface area contributed by atoms with Crippen molar-refractivity contribution in [1.29, 1.82) is 0 Å². The smallest absolute Gasteiger partial charge is 0.465 e. The molecule has 0 unspecified atom stereocenters. The van der Waals surface area contributed by atoms with Crippen LogP contribution >= 0.6 is 0 Å². The highest BCUT2D eigenvalue weighted by Gasteiger charge is 2.32. The molecular weight excluding hydrogens is 287 g/mol. The van der Waals surface area contributed by atoms with Gasteiger partial charge in [0, 0.05) is 23.5 Å². The Bertz CT molecular complexity index is 656. The van der Waals surface area contributed by atoms with Crippen LogP contribution in [0, 0.1) is 0 Å². The third kappa shape index (κ3) is 3.71. The van der Waals surface area contributed by atoms with E-state index < -0.39 is 12.3 Å². The van der Waals surface area contributed by atoms with E-state index >= 15 is 0 Å². The minimum absolute atomic E-state index is 0.136. The molecule has 7 heteroatoms. The number of rotatable bonds is 3. The van der Waals surface area contributed by atoms with Crippen LogP contribution in [0.3, 0.4) is 0 Å². The second-order valence-corrected chi connectivity index (χ2v) is 4.00. The van der Waals surface area contributed by atoms with Gasteiger partial charge in [0.05, 0.1) is 12.7 Å².